The Morgan fingerprint density at radius 1 is 1.29 bits per heavy atom. The molecule has 2 N–H and O–H groups in total. The van der Waals surface area contributed by atoms with Gasteiger partial charge in [-0.3, -0.25) is 0 Å². The molecule has 0 bridgehead atoms. The molecule has 0 spiro atoms. The van der Waals surface area contributed by atoms with Crippen molar-refractivity contribution in [2.45, 2.75) is 30.8 Å². The van der Waals surface area contributed by atoms with Gasteiger partial charge in [-0.2, -0.15) is 31.3 Å². The molecule has 1 heterocycles. The zero-order chi connectivity index (χ0) is 18.4. The Hall–Kier alpha value is -1.88. The number of nitrogens with zero attached hydrogens (tertiary/aromatic N) is 3. The van der Waals surface area contributed by atoms with Crippen LogP contribution in [0.25, 0.3) is 5.69 Å². The summed E-state index contributed by atoms with van der Waals surface area (Å²) in [6, 6.07) is 1.92. The number of aromatic nitrogens is 3. The number of hydrogen-bond acceptors (Lipinski definition) is 5. The molecule has 2 aromatic rings. The third kappa shape index (κ3) is 3.46. The Morgan fingerprint density at radius 3 is 2.29 bits per heavy atom. The van der Waals surface area contributed by atoms with Crippen LogP contribution in [0.1, 0.15) is 31.2 Å². The Balaban J connectivity index is 2.75. The van der Waals surface area contributed by atoms with Gasteiger partial charge < -0.3 is 5.73 Å². The van der Waals surface area contributed by atoms with Crippen LogP contribution in [0.5, 0.6) is 0 Å². The van der Waals surface area contributed by atoms with Gasteiger partial charge in [-0.15, -0.1) is 8.98 Å². The van der Waals surface area contributed by atoms with Crippen LogP contribution in [-0.4, -0.2) is 23.2 Å². The van der Waals surface area contributed by atoms with Gasteiger partial charge in [-0.05, 0) is 23.6 Å². The highest BCUT2D eigenvalue weighted by atomic mass is 35.5. The molecule has 0 aliphatic carbocycles. The molecule has 1 aromatic heterocycles. The van der Waals surface area contributed by atoms with E-state index in [0.717, 1.165) is 12.1 Å². The summed E-state index contributed by atoms with van der Waals surface area (Å²) >= 11 is 5.98. The van der Waals surface area contributed by atoms with Crippen LogP contribution in [0, 0.1) is 0 Å². The average molecular weight is 387 g/mol. The fraction of sp³-hybridized carbons (Fsp3) is 0.333. The number of alkyl halides is 3. The second kappa shape index (κ2) is 5.88. The van der Waals surface area contributed by atoms with E-state index >= 15 is 0 Å². The highest BCUT2D eigenvalue weighted by molar-refractivity contribution is 7.86. The van der Waals surface area contributed by atoms with E-state index in [2.05, 4.69) is 10.1 Å². The highest BCUT2D eigenvalue weighted by Crippen LogP contribution is 2.34. The number of anilines is 1. The monoisotopic (exact) mass is 386 g/mol. The first kappa shape index (κ1) is 18.5. The average Bonchev–Trinajstić information content (AvgIpc) is 2.79. The molecular formula is C12H11ClF4N4O2S. The van der Waals surface area contributed by atoms with Crippen LogP contribution in [0.15, 0.2) is 17.0 Å². The Kier molecular flexibility index (Phi) is 4.53. The molecule has 1 aromatic carbocycles. The summed E-state index contributed by atoms with van der Waals surface area (Å²) in [5.74, 6) is -2.62. The van der Waals surface area contributed by atoms with E-state index in [1.165, 1.54) is 0 Å². The van der Waals surface area contributed by atoms with Crippen LogP contribution >= 0.6 is 11.6 Å². The van der Waals surface area contributed by atoms with E-state index < -0.39 is 39.0 Å². The summed E-state index contributed by atoms with van der Waals surface area (Å²) in [5.41, 5.74) is 5.12. The first-order valence-corrected chi connectivity index (χ1v) is 8.16. The fourth-order valence-electron chi connectivity index (χ4n) is 2.00. The fourth-order valence-corrected chi connectivity index (χ4v) is 3.08. The van der Waals surface area contributed by atoms with Gasteiger partial charge in [0, 0.05) is 0 Å². The third-order valence-electron chi connectivity index (χ3n) is 3.08. The Morgan fingerprint density at radius 2 is 1.88 bits per heavy atom. The minimum Gasteiger partial charge on any atom is -0.368 e. The van der Waals surface area contributed by atoms with Crippen LogP contribution in [-0.2, 0) is 16.4 Å². The van der Waals surface area contributed by atoms with Crippen LogP contribution in [0.3, 0.4) is 0 Å². The molecule has 132 valence electrons. The van der Waals surface area contributed by atoms with Gasteiger partial charge in [0.25, 0.3) is 5.82 Å². The number of nitrogens with two attached hydrogens (primary N) is 1. The summed E-state index contributed by atoms with van der Waals surface area (Å²) in [6.45, 7) is 3.21. The molecule has 0 saturated heterocycles. The molecule has 12 heteroatoms. The number of hydrogen-bond donors (Lipinski definition) is 1. The molecule has 0 saturated carbocycles. The first-order valence-electron chi connectivity index (χ1n) is 6.40. The standard InChI is InChI=1S/C12H11ClF4N4O2S/c1-5(2)6-3-7(13)8(4-9(6)24(17,22)23)21-11(18)19-10(20-21)12(14,15)16/h3-5H,1-2H3,(H2,18,19,20). The highest BCUT2D eigenvalue weighted by Gasteiger charge is 2.37. The van der Waals surface area contributed by atoms with Crippen molar-refractivity contribution in [3.8, 4) is 5.69 Å². The summed E-state index contributed by atoms with van der Waals surface area (Å²) < 4.78 is 74.7. The molecule has 0 atom stereocenters. The smallest absolute Gasteiger partial charge is 0.368 e. The second-order valence-electron chi connectivity index (χ2n) is 5.14. The topological polar surface area (TPSA) is 90.9 Å². The number of halogens is 5. The molecule has 0 unspecified atom stereocenters. The van der Waals surface area contributed by atoms with E-state index in [4.69, 9.17) is 17.3 Å². The predicted molar refractivity (Wildman–Crippen MR) is 78.2 cm³/mol. The molecule has 0 aliphatic heterocycles. The Labute approximate surface area is 139 Å². The summed E-state index contributed by atoms with van der Waals surface area (Å²) in [4.78, 5) is 2.33. The van der Waals surface area contributed by atoms with Gasteiger partial charge in [0.2, 0.25) is 5.95 Å². The van der Waals surface area contributed by atoms with Crippen LogP contribution in [0.4, 0.5) is 23.0 Å². The second-order valence-corrected chi connectivity index (χ2v) is 6.86. The Bertz CT molecular complexity index is 893. The molecule has 0 radical (unpaired) electrons. The maximum Gasteiger partial charge on any atom is 0.453 e. The lowest BCUT2D eigenvalue weighted by molar-refractivity contribution is -0.144. The lowest BCUT2D eigenvalue weighted by Crippen LogP contribution is -2.10. The maximum atomic E-state index is 13.5. The SMILES string of the molecule is CC(C)c1cc(Cl)c(-n2nc(C(F)(F)F)nc2N)cc1S(=O)(=O)F. The van der Waals surface area contributed by atoms with Crippen molar-refractivity contribution in [1.82, 2.24) is 14.8 Å². The first-order chi connectivity index (χ1) is 10.8. The molecule has 2 rings (SSSR count). The predicted octanol–water partition coefficient (Wildman–Crippen LogP) is 3.30. The number of rotatable bonds is 3. The van der Waals surface area contributed by atoms with Gasteiger partial charge in [0.1, 0.15) is 4.90 Å². The summed E-state index contributed by atoms with van der Waals surface area (Å²) in [7, 11) is -5.14. The van der Waals surface area contributed by atoms with Gasteiger partial charge >= 0.3 is 16.4 Å². The third-order valence-corrected chi connectivity index (χ3v) is 4.26. The van der Waals surface area contributed by atoms with Crippen LogP contribution in [0.2, 0.25) is 5.02 Å². The van der Waals surface area contributed by atoms with Gasteiger partial charge in [0.15, 0.2) is 0 Å². The van der Waals surface area contributed by atoms with E-state index in [1.807, 2.05) is 0 Å². The van der Waals surface area contributed by atoms with Gasteiger partial charge in [-0.25, -0.2) is 0 Å². The lowest BCUT2D eigenvalue weighted by Gasteiger charge is -2.14. The summed E-state index contributed by atoms with van der Waals surface area (Å²) in [5, 5.41) is 3.01. The van der Waals surface area contributed by atoms with Crippen molar-refractivity contribution in [3.05, 3.63) is 28.5 Å². The van der Waals surface area contributed by atoms with Crippen molar-refractivity contribution in [2.75, 3.05) is 5.73 Å². The van der Waals surface area contributed by atoms with E-state index in [0.29, 0.717) is 4.68 Å². The molecule has 0 fully saturated rings. The van der Waals surface area contributed by atoms with Crippen molar-refractivity contribution in [3.63, 3.8) is 0 Å². The molecule has 0 aliphatic rings. The largest absolute Gasteiger partial charge is 0.453 e. The quantitative estimate of drug-likeness (QED) is 0.645. The summed E-state index contributed by atoms with van der Waals surface area (Å²) in [6.07, 6.45) is -4.86. The van der Waals surface area contributed by atoms with Crippen LogP contribution < -0.4 is 5.73 Å². The molecule has 0 amide bonds. The molecule has 24 heavy (non-hydrogen) atoms. The van der Waals surface area contributed by atoms with Crippen molar-refractivity contribution in [1.29, 1.82) is 0 Å². The van der Waals surface area contributed by atoms with E-state index in [9.17, 15) is 25.5 Å². The minimum atomic E-state index is -5.14. The number of benzene rings is 1. The molecule has 6 nitrogen and oxygen atoms in total. The van der Waals surface area contributed by atoms with Crippen molar-refractivity contribution in [2.24, 2.45) is 0 Å². The zero-order valence-corrected chi connectivity index (χ0v) is 13.8. The van der Waals surface area contributed by atoms with Gasteiger partial charge in [-0.1, -0.05) is 25.4 Å². The van der Waals surface area contributed by atoms with E-state index in [1.54, 1.807) is 13.8 Å². The lowest BCUT2D eigenvalue weighted by atomic mass is 10.0. The zero-order valence-electron chi connectivity index (χ0n) is 12.3. The normalized spacial score (nSPS) is 12.8. The van der Waals surface area contributed by atoms with E-state index in [-0.39, 0.29) is 16.3 Å². The minimum absolute atomic E-state index is 0.0704. The van der Waals surface area contributed by atoms with Gasteiger partial charge in [0.05, 0.1) is 10.7 Å². The molecular weight excluding hydrogens is 376 g/mol. The van der Waals surface area contributed by atoms with Crippen molar-refractivity contribution < 1.29 is 25.5 Å². The van der Waals surface area contributed by atoms with Crippen molar-refractivity contribution >= 4 is 27.8 Å². The number of nitrogen functional groups attached to an aromatic ring is 1. The maximum absolute atomic E-state index is 13.5.